The summed E-state index contributed by atoms with van der Waals surface area (Å²) in [5, 5.41) is 18.4. The van der Waals surface area contributed by atoms with E-state index in [9.17, 15) is 15.3 Å². The Morgan fingerprint density at radius 1 is 1.31 bits per heavy atom. The highest BCUT2D eigenvalue weighted by Gasteiger charge is 2.09. The molecule has 0 fully saturated rings. The van der Waals surface area contributed by atoms with E-state index >= 15 is 0 Å². The second-order valence-electron chi connectivity index (χ2n) is 5.88. The molecular formula is C20H21N3O2S. The van der Waals surface area contributed by atoms with Crippen LogP contribution in [0.5, 0.6) is 0 Å². The molecule has 2 aromatic rings. The summed E-state index contributed by atoms with van der Waals surface area (Å²) >= 11 is 1.19. The van der Waals surface area contributed by atoms with Crippen molar-refractivity contribution >= 4 is 23.0 Å². The zero-order chi connectivity index (χ0) is 19.1. The highest BCUT2D eigenvalue weighted by molar-refractivity contribution is 7.07. The van der Waals surface area contributed by atoms with Crippen molar-refractivity contribution in [3.05, 3.63) is 54.4 Å². The first-order valence-electron chi connectivity index (χ1n) is 8.42. The molecule has 5 nitrogen and oxygen atoms in total. The van der Waals surface area contributed by atoms with Crippen molar-refractivity contribution in [3.63, 3.8) is 0 Å². The molecule has 0 aliphatic heterocycles. The molecule has 0 saturated heterocycles. The Balaban J connectivity index is 2.61. The number of aryl methyl sites for hydroxylation is 2. The summed E-state index contributed by atoms with van der Waals surface area (Å²) in [6, 6.07) is 9.82. The molecular weight excluding hydrogens is 346 g/mol. The SMILES string of the molecule is CCOCCCn1c(=C(C#N)C#N)s/c(=C/c2ccc(C)cc2C)c1=O. The van der Waals surface area contributed by atoms with Crippen LogP contribution in [0.25, 0.3) is 11.6 Å². The van der Waals surface area contributed by atoms with E-state index in [4.69, 9.17) is 4.74 Å². The normalized spacial score (nSPS) is 11.2. The van der Waals surface area contributed by atoms with Crippen LogP contribution in [0.2, 0.25) is 0 Å². The second kappa shape index (κ2) is 9.15. The number of thiazole rings is 1. The molecule has 0 radical (unpaired) electrons. The van der Waals surface area contributed by atoms with Crippen molar-refractivity contribution in [1.82, 2.24) is 4.57 Å². The Morgan fingerprint density at radius 3 is 2.65 bits per heavy atom. The summed E-state index contributed by atoms with van der Waals surface area (Å²) < 4.78 is 7.77. The lowest BCUT2D eigenvalue weighted by Gasteiger charge is -2.02. The molecule has 0 spiro atoms. The summed E-state index contributed by atoms with van der Waals surface area (Å²) in [5.74, 6) is 0. The van der Waals surface area contributed by atoms with Gasteiger partial charge in [0.25, 0.3) is 5.56 Å². The maximum Gasteiger partial charge on any atom is 0.269 e. The van der Waals surface area contributed by atoms with Gasteiger partial charge >= 0.3 is 0 Å². The van der Waals surface area contributed by atoms with E-state index in [1.807, 2.05) is 51.1 Å². The fourth-order valence-electron chi connectivity index (χ4n) is 2.63. The van der Waals surface area contributed by atoms with Crippen LogP contribution in [-0.4, -0.2) is 17.8 Å². The Bertz CT molecular complexity index is 1030. The molecule has 6 heteroatoms. The first-order chi connectivity index (χ1) is 12.5. The summed E-state index contributed by atoms with van der Waals surface area (Å²) in [6.45, 7) is 7.49. The van der Waals surface area contributed by atoms with E-state index < -0.39 is 0 Å². The van der Waals surface area contributed by atoms with E-state index in [1.165, 1.54) is 15.9 Å². The van der Waals surface area contributed by atoms with Gasteiger partial charge in [-0.05, 0) is 44.4 Å². The Hall–Kier alpha value is -2.67. The monoisotopic (exact) mass is 367 g/mol. The van der Waals surface area contributed by atoms with Gasteiger partial charge in [0.1, 0.15) is 16.8 Å². The number of nitrogens with zero attached hydrogens (tertiary/aromatic N) is 3. The third-order valence-corrected chi connectivity index (χ3v) is 5.06. The average molecular weight is 367 g/mol. The van der Waals surface area contributed by atoms with Crippen molar-refractivity contribution in [1.29, 1.82) is 10.5 Å². The topological polar surface area (TPSA) is 78.8 Å². The van der Waals surface area contributed by atoms with E-state index in [0.29, 0.717) is 35.4 Å². The van der Waals surface area contributed by atoms with E-state index in [1.54, 1.807) is 0 Å². The zero-order valence-electron chi connectivity index (χ0n) is 15.2. The predicted octanol–water partition coefficient (Wildman–Crippen LogP) is 1.98. The second-order valence-corrected chi connectivity index (χ2v) is 6.91. The maximum absolute atomic E-state index is 12.8. The minimum Gasteiger partial charge on any atom is -0.382 e. The van der Waals surface area contributed by atoms with Gasteiger partial charge in [0.2, 0.25) is 0 Å². The molecule has 0 unspecified atom stereocenters. The lowest BCUT2D eigenvalue weighted by molar-refractivity contribution is 0.141. The van der Waals surface area contributed by atoms with Crippen molar-refractivity contribution in [3.8, 4) is 12.1 Å². The molecule has 1 aromatic heterocycles. The van der Waals surface area contributed by atoms with Gasteiger partial charge in [0.05, 0.1) is 4.53 Å². The van der Waals surface area contributed by atoms with Crippen molar-refractivity contribution in [2.75, 3.05) is 13.2 Å². The molecule has 2 rings (SSSR count). The third kappa shape index (κ3) is 4.49. The zero-order valence-corrected chi connectivity index (χ0v) is 16.0. The summed E-state index contributed by atoms with van der Waals surface area (Å²) in [4.78, 5) is 12.8. The van der Waals surface area contributed by atoms with Gasteiger partial charge in [-0.25, -0.2) is 0 Å². The van der Waals surface area contributed by atoms with Gasteiger partial charge in [-0.1, -0.05) is 23.8 Å². The molecule has 1 heterocycles. The number of hydrogen-bond donors (Lipinski definition) is 0. The van der Waals surface area contributed by atoms with Crippen molar-refractivity contribution in [2.24, 2.45) is 0 Å². The van der Waals surface area contributed by atoms with E-state index in [2.05, 4.69) is 6.07 Å². The fraction of sp³-hybridized carbons (Fsp3) is 0.350. The minimum atomic E-state index is -0.176. The summed E-state index contributed by atoms with van der Waals surface area (Å²) in [7, 11) is 0. The molecule has 26 heavy (non-hydrogen) atoms. The van der Waals surface area contributed by atoms with Crippen LogP contribution < -0.4 is 14.8 Å². The average Bonchev–Trinajstić information content (AvgIpc) is 2.92. The van der Waals surface area contributed by atoms with Crippen LogP contribution in [-0.2, 0) is 11.3 Å². The molecule has 0 atom stereocenters. The number of benzene rings is 1. The first kappa shape index (κ1) is 19.7. The predicted molar refractivity (Wildman–Crippen MR) is 103 cm³/mol. The van der Waals surface area contributed by atoms with E-state index in [-0.39, 0.29) is 11.1 Å². The van der Waals surface area contributed by atoms with Gasteiger partial charge < -0.3 is 4.74 Å². The summed E-state index contributed by atoms with van der Waals surface area (Å²) in [5.41, 5.74) is 2.97. The maximum atomic E-state index is 12.8. The van der Waals surface area contributed by atoms with Crippen LogP contribution in [0.1, 0.15) is 30.0 Å². The number of aromatic nitrogens is 1. The van der Waals surface area contributed by atoms with Crippen LogP contribution in [0.4, 0.5) is 0 Å². The van der Waals surface area contributed by atoms with Gasteiger partial charge in [0.15, 0.2) is 5.57 Å². The standard InChI is InChI=1S/C20H21N3O2S/c1-4-25-9-5-8-23-19(24)18(26-20(23)17(12-21)13-22)11-16-7-6-14(2)10-15(16)3/h6-7,10-11H,4-5,8-9H2,1-3H3/b18-11+. The largest absolute Gasteiger partial charge is 0.382 e. The highest BCUT2D eigenvalue weighted by atomic mass is 32.1. The first-order valence-corrected chi connectivity index (χ1v) is 9.24. The number of hydrogen-bond acceptors (Lipinski definition) is 5. The summed E-state index contributed by atoms with van der Waals surface area (Å²) in [6.07, 6.45) is 2.47. The van der Waals surface area contributed by atoms with Gasteiger partial charge in [-0.2, -0.15) is 10.5 Å². The number of nitriles is 2. The molecule has 1 aromatic carbocycles. The smallest absolute Gasteiger partial charge is 0.269 e. The number of ether oxygens (including phenoxy) is 1. The Kier molecular flexibility index (Phi) is 6.91. The van der Waals surface area contributed by atoms with Crippen LogP contribution in [0.3, 0.4) is 0 Å². The Morgan fingerprint density at radius 2 is 2.04 bits per heavy atom. The third-order valence-electron chi connectivity index (χ3n) is 3.93. The van der Waals surface area contributed by atoms with Gasteiger partial charge in [-0.15, -0.1) is 11.3 Å². The van der Waals surface area contributed by atoms with Gasteiger partial charge in [-0.3, -0.25) is 9.36 Å². The molecule has 134 valence electrons. The van der Waals surface area contributed by atoms with Gasteiger partial charge in [0, 0.05) is 19.8 Å². The molecule has 0 aliphatic carbocycles. The lowest BCUT2D eigenvalue weighted by Crippen LogP contribution is -2.32. The van der Waals surface area contributed by atoms with Crippen molar-refractivity contribution in [2.45, 2.75) is 33.7 Å². The lowest BCUT2D eigenvalue weighted by atomic mass is 10.1. The highest BCUT2D eigenvalue weighted by Crippen LogP contribution is 2.10. The van der Waals surface area contributed by atoms with E-state index in [0.717, 1.165) is 16.7 Å². The quantitative estimate of drug-likeness (QED) is 0.732. The van der Waals surface area contributed by atoms with Crippen LogP contribution in [0.15, 0.2) is 23.0 Å². The minimum absolute atomic E-state index is 0.0382. The van der Waals surface area contributed by atoms with Crippen molar-refractivity contribution < 1.29 is 4.74 Å². The van der Waals surface area contributed by atoms with Crippen LogP contribution >= 0.6 is 11.3 Å². The fourth-order valence-corrected chi connectivity index (χ4v) is 3.70. The molecule has 0 N–H and O–H groups in total. The Labute approximate surface area is 156 Å². The van der Waals surface area contributed by atoms with Crippen LogP contribution in [0, 0.1) is 36.5 Å². The molecule has 0 amide bonds. The molecule has 0 bridgehead atoms. The molecule has 0 saturated carbocycles. The molecule has 0 aliphatic rings. The number of rotatable bonds is 6.